The summed E-state index contributed by atoms with van der Waals surface area (Å²) in [5.74, 6) is -0.0595. The summed E-state index contributed by atoms with van der Waals surface area (Å²) in [6.45, 7) is 1.87. The molecule has 0 N–H and O–H groups in total. The number of para-hydroxylation sites is 2. The van der Waals surface area contributed by atoms with E-state index in [0.29, 0.717) is 37.3 Å². The molecule has 7 rings (SSSR count). The summed E-state index contributed by atoms with van der Waals surface area (Å²) in [6, 6.07) is 27.4. The highest BCUT2D eigenvalue weighted by molar-refractivity contribution is 7.13. The molecule has 0 spiro atoms. The van der Waals surface area contributed by atoms with Gasteiger partial charge < -0.3 is 9.80 Å². The number of pyridine rings is 2. The highest BCUT2D eigenvalue weighted by Crippen LogP contribution is 2.30. The van der Waals surface area contributed by atoms with Crippen molar-refractivity contribution in [1.29, 1.82) is 0 Å². The first-order valence-electron chi connectivity index (χ1n) is 13.1. The fraction of sp³-hybridized carbons (Fsp3) is 0.125. The maximum Gasteiger partial charge on any atom is 0.254 e. The minimum atomic E-state index is -0.0298. The largest absolute Gasteiger partial charge is 0.335 e. The Labute approximate surface area is 239 Å². The maximum atomic E-state index is 13.8. The van der Waals surface area contributed by atoms with Crippen LogP contribution < -0.4 is 0 Å². The van der Waals surface area contributed by atoms with Crippen molar-refractivity contribution < 1.29 is 9.59 Å². The van der Waals surface area contributed by atoms with Crippen LogP contribution in [0.4, 0.5) is 0 Å². The average Bonchev–Trinajstić information content (AvgIpc) is 3.75. The second-order valence-electron chi connectivity index (χ2n) is 9.68. The molecule has 0 saturated carbocycles. The zero-order chi connectivity index (χ0) is 27.1. The second-order valence-corrected chi connectivity index (χ2v) is 11.6. The van der Waals surface area contributed by atoms with Crippen molar-refractivity contribution in [2.24, 2.45) is 0 Å². The summed E-state index contributed by atoms with van der Waals surface area (Å²) >= 11 is 3.21. The van der Waals surface area contributed by atoms with E-state index >= 15 is 0 Å². The summed E-state index contributed by atoms with van der Waals surface area (Å²) in [5, 5.41) is 5.71. The van der Waals surface area contributed by atoms with Crippen LogP contribution in [-0.4, -0.2) is 57.8 Å². The van der Waals surface area contributed by atoms with Crippen LogP contribution in [0.5, 0.6) is 0 Å². The van der Waals surface area contributed by atoms with Crippen LogP contribution in [0.3, 0.4) is 0 Å². The molecule has 5 heterocycles. The Balaban J connectivity index is 1.15. The minimum Gasteiger partial charge on any atom is -0.335 e. The van der Waals surface area contributed by atoms with E-state index in [1.165, 1.54) is 0 Å². The predicted octanol–water partition coefficient (Wildman–Crippen LogP) is 6.84. The summed E-state index contributed by atoms with van der Waals surface area (Å²) in [6.07, 6.45) is 0. The molecule has 4 aromatic heterocycles. The lowest BCUT2D eigenvalue weighted by atomic mass is 10.0. The van der Waals surface area contributed by atoms with Crippen LogP contribution >= 0.6 is 22.7 Å². The molecule has 6 nitrogen and oxygen atoms in total. The standard InChI is InChI=1S/C32H24N4O2S2/c37-31(23-19-27(29-11-5-17-39-29)33-25-9-3-1-7-21(23)25)35-13-15-36(16-14-35)32(38)24-20-28(30-12-6-18-40-30)34-26-10-4-2-8-22(24)26/h1-12,17-20H,13-16H2. The molecule has 1 aliphatic rings. The summed E-state index contributed by atoms with van der Waals surface area (Å²) in [5.41, 5.74) is 4.51. The number of fused-ring (bicyclic) bond motifs is 2. The molecule has 0 radical (unpaired) electrons. The quantitative estimate of drug-likeness (QED) is 0.237. The van der Waals surface area contributed by atoms with Gasteiger partial charge in [0.15, 0.2) is 0 Å². The van der Waals surface area contributed by atoms with Gasteiger partial charge in [-0.1, -0.05) is 48.5 Å². The van der Waals surface area contributed by atoms with Crippen molar-refractivity contribution in [1.82, 2.24) is 19.8 Å². The van der Waals surface area contributed by atoms with Gasteiger partial charge >= 0.3 is 0 Å². The van der Waals surface area contributed by atoms with Gasteiger partial charge in [-0.3, -0.25) is 9.59 Å². The Bertz CT molecular complexity index is 1720. The van der Waals surface area contributed by atoms with Crippen LogP contribution in [0.25, 0.3) is 42.9 Å². The third-order valence-electron chi connectivity index (χ3n) is 7.29. The van der Waals surface area contributed by atoms with E-state index in [1.807, 2.05) is 105 Å². The lowest BCUT2D eigenvalue weighted by Gasteiger charge is -2.35. The highest BCUT2D eigenvalue weighted by Gasteiger charge is 2.28. The van der Waals surface area contributed by atoms with E-state index in [4.69, 9.17) is 9.97 Å². The first-order chi connectivity index (χ1) is 19.7. The molecular formula is C32H24N4O2S2. The number of benzene rings is 2. The molecule has 0 bridgehead atoms. The normalized spacial score (nSPS) is 13.7. The number of amides is 2. The number of carbonyl (C=O) groups is 2. The van der Waals surface area contributed by atoms with E-state index in [0.717, 1.165) is 42.9 Å². The molecule has 1 aliphatic heterocycles. The van der Waals surface area contributed by atoms with Crippen molar-refractivity contribution in [3.05, 3.63) is 107 Å². The number of piperazine rings is 1. The fourth-order valence-corrected chi connectivity index (χ4v) is 6.63. The zero-order valence-corrected chi connectivity index (χ0v) is 23.1. The van der Waals surface area contributed by atoms with Crippen LogP contribution in [0.2, 0.25) is 0 Å². The predicted molar refractivity (Wildman–Crippen MR) is 162 cm³/mol. The van der Waals surface area contributed by atoms with Crippen LogP contribution in [0, 0.1) is 0 Å². The van der Waals surface area contributed by atoms with Gasteiger partial charge in [0.2, 0.25) is 0 Å². The van der Waals surface area contributed by atoms with Gasteiger partial charge in [-0.05, 0) is 47.2 Å². The van der Waals surface area contributed by atoms with Crippen molar-refractivity contribution in [3.63, 3.8) is 0 Å². The third kappa shape index (κ3) is 4.45. The van der Waals surface area contributed by atoms with Crippen molar-refractivity contribution >= 4 is 56.3 Å². The monoisotopic (exact) mass is 560 g/mol. The smallest absolute Gasteiger partial charge is 0.254 e. The first kappa shape index (κ1) is 24.6. The number of hydrogen-bond acceptors (Lipinski definition) is 6. The number of hydrogen-bond donors (Lipinski definition) is 0. The molecule has 0 aliphatic carbocycles. The molecular weight excluding hydrogens is 537 g/mol. The molecule has 2 aromatic carbocycles. The maximum absolute atomic E-state index is 13.8. The average molecular weight is 561 g/mol. The van der Waals surface area contributed by atoms with E-state index in [1.54, 1.807) is 22.7 Å². The summed E-state index contributed by atoms with van der Waals surface area (Å²) < 4.78 is 0. The van der Waals surface area contributed by atoms with Gasteiger partial charge in [0.25, 0.3) is 11.8 Å². The lowest BCUT2D eigenvalue weighted by Crippen LogP contribution is -2.50. The second kappa shape index (κ2) is 10.3. The Morgan fingerprint density at radius 1 is 0.575 bits per heavy atom. The number of carbonyl (C=O) groups excluding carboxylic acids is 2. The Kier molecular flexibility index (Phi) is 6.34. The minimum absolute atomic E-state index is 0.0298. The van der Waals surface area contributed by atoms with Gasteiger partial charge in [0.05, 0.1) is 43.3 Å². The molecule has 0 atom stereocenters. The van der Waals surface area contributed by atoms with Gasteiger partial charge in [-0.2, -0.15) is 0 Å². The Hall–Kier alpha value is -4.40. The van der Waals surface area contributed by atoms with Crippen LogP contribution in [-0.2, 0) is 0 Å². The van der Waals surface area contributed by atoms with E-state index < -0.39 is 0 Å². The molecule has 6 aromatic rings. The first-order valence-corrected chi connectivity index (χ1v) is 14.9. The van der Waals surface area contributed by atoms with E-state index in [-0.39, 0.29) is 11.8 Å². The summed E-state index contributed by atoms with van der Waals surface area (Å²) in [7, 11) is 0. The molecule has 1 saturated heterocycles. The Morgan fingerprint density at radius 2 is 1.00 bits per heavy atom. The van der Waals surface area contributed by atoms with E-state index in [2.05, 4.69) is 0 Å². The molecule has 1 fully saturated rings. The SMILES string of the molecule is O=C(c1cc(-c2cccs2)nc2ccccc12)N1CCN(C(=O)c2cc(-c3cccs3)nc3ccccc23)CC1. The highest BCUT2D eigenvalue weighted by atomic mass is 32.1. The summed E-state index contributed by atoms with van der Waals surface area (Å²) in [4.78, 5) is 43.0. The number of aromatic nitrogens is 2. The number of rotatable bonds is 4. The molecule has 40 heavy (non-hydrogen) atoms. The van der Waals surface area contributed by atoms with Crippen LogP contribution in [0.1, 0.15) is 20.7 Å². The lowest BCUT2D eigenvalue weighted by molar-refractivity contribution is 0.0537. The van der Waals surface area contributed by atoms with Gasteiger partial charge in [0, 0.05) is 37.0 Å². The van der Waals surface area contributed by atoms with Crippen LogP contribution in [0.15, 0.2) is 95.7 Å². The van der Waals surface area contributed by atoms with Gasteiger partial charge in [-0.25, -0.2) is 9.97 Å². The van der Waals surface area contributed by atoms with Crippen molar-refractivity contribution in [3.8, 4) is 21.1 Å². The van der Waals surface area contributed by atoms with Gasteiger partial charge in [-0.15, -0.1) is 22.7 Å². The molecule has 196 valence electrons. The topological polar surface area (TPSA) is 66.4 Å². The Morgan fingerprint density at radius 3 is 1.40 bits per heavy atom. The number of nitrogens with zero attached hydrogens (tertiary/aromatic N) is 4. The molecule has 0 unspecified atom stereocenters. The molecule has 8 heteroatoms. The van der Waals surface area contributed by atoms with E-state index in [9.17, 15) is 9.59 Å². The fourth-order valence-electron chi connectivity index (χ4n) is 5.26. The van der Waals surface area contributed by atoms with Gasteiger partial charge in [0.1, 0.15) is 0 Å². The van der Waals surface area contributed by atoms with Crippen molar-refractivity contribution in [2.75, 3.05) is 26.2 Å². The third-order valence-corrected chi connectivity index (χ3v) is 9.08. The number of thiophene rings is 2. The molecule has 2 amide bonds. The van der Waals surface area contributed by atoms with Crippen molar-refractivity contribution in [2.45, 2.75) is 0 Å². The zero-order valence-electron chi connectivity index (χ0n) is 21.5.